The number of nitrogens with zero attached hydrogens (tertiary/aromatic N) is 2. The van der Waals surface area contributed by atoms with Gasteiger partial charge in [-0.3, -0.25) is 9.59 Å². The highest BCUT2D eigenvalue weighted by Crippen LogP contribution is 2.18. The smallest absolute Gasteiger partial charge is 0.274 e. The lowest BCUT2D eigenvalue weighted by Gasteiger charge is -2.31. The van der Waals surface area contributed by atoms with E-state index in [2.05, 4.69) is 17.3 Å². The van der Waals surface area contributed by atoms with E-state index in [-0.39, 0.29) is 17.2 Å². The van der Waals surface area contributed by atoms with E-state index in [0.717, 1.165) is 32.1 Å². The zero-order valence-corrected chi connectivity index (χ0v) is 16.0. The van der Waals surface area contributed by atoms with Crippen LogP contribution in [0.4, 0.5) is 0 Å². The van der Waals surface area contributed by atoms with E-state index in [4.69, 9.17) is 5.73 Å². The fraction of sp³-hybridized carbons (Fsp3) is 0.550. The number of unbranched alkanes of at least 4 members (excludes halogenated alkanes) is 2. The van der Waals surface area contributed by atoms with Crippen molar-refractivity contribution in [2.75, 3.05) is 6.54 Å². The Balaban J connectivity index is 2.49. The highest BCUT2D eigenvalue weighted by atomic mass is 16.2. The average molecular weight is 358 g/mol. The molecule has 0 aliphatic heterocycles. The molecule has 1 aromatic carbocycles. The van der Waals surface area contributed by atoms with Crippen LogP contribution in [-0.4, -0.2) is 27.8 Å². The largest absolute Gasteiger partial charge is 0.344 e. The number of benzene rings is 1. The van der Waals surface area contributed by atoms with Crippen LogP contribution in [0.2, 0.25) is 0 Å². The molecule has 0 spiro atoms. The molecule has 0 fully saturated rings. The van der Waals surface area contributed by atoms with Crippen molar-refractivity contribution in [1.82, 2.24) is 15.1 Å². The van der Waals surface area contributed by atoms with Crippen molar-refractivity contribution in [3.05, 3.63) is 40.3 Å². The molecule has 0 unspecified atom stereocenters. The van der Waals surface area contributed by atoms with Crippen LogP contribution < -0.4 is 16.6 Å². The van der Waals surface area contributed by atoms with Crippen molar-refractivity contribution in [3.63, 3.8) is 0 Å². The molecule has 142 valence electrons. The van der Waals surface area contributed by atoms with Crippen molar-refractivity contribution < 1.29 is 4.79 Å². The molecule has 0 atom stereocenters. The number of nitrogens with two attached hydrogens (primary N) is 1. The summed E-state index contributed by atoms with van der Waals surface area (Å²) in [7, 11) is 0. The molecule has 1 amide bonds. The standard InChI is InChI=1S/C20H30N4O2/c1-4-7-10-13-24-19(26)16-12-9-8-11-15(16)17(23-24)18(25)22-20(5-2,6-3)14-21/h8-9,11-12H,4-7,10,13-14,21H2,1-3H3,(H,22,25). The predicted octanol–water partition coefficient (Wildman–Crippen LogP) is 2.83. The van der Waals surface area contributed by atoms with Crippen LogP contribution in [0.3, 0.4) is 0 Å². The minimum atomic E-state index is -0.455. The molecule has 0 saturated heterocycles. The van der Waals surface area contributed by atoms with Crippen LogP contribution in [0.25, 0.3) is 10.8 Å². The molecule has 26 heavy (non-hydrogen) atoms. The second-order valence-corrected chi connectivity index (χ2v) is 6.78. The normalized spacial score (nSPS) is 11.7. The lowest BCUT2D eigenvalue weighted by molar-refractivity contribution is 0.0889. The maximum absolute atomic E-state index is 13.0. The highest BCUT2D eigenvalue weighted by molar-refractivity contribution is 6.05. The summed E-state index contributed by atoms with van der Waals surface area (Å²) in [5.41, 5.74) is 5.60. The monoisotopic (exact) mass is 358 g/mol. The summed E-state index contributed by atoms with van der Waals surface area (Å²) < 4.78 is 1.43. The van der Waals surface area contributed by atoms with E-state index < -0.39 is 5.54 Å². The van der Waals surface area contributed by atoms with E-state index in [0.29, 0.717) is 23.9 Å². The molecule has 0 bridgehead atoms. The first-order valence-electron chi connectivity index (χ1n) is 9.54. The van der Waals surface area contributed by atoms with Crippen LogP contribution in [0.5, 0.6) is 0 Å². The summed E-state index contributed by atoms with van der Waals surface area (Å²) in [5, 5.41) is 8.58. The molecule has 0 aliphatic rings. The molecule has 6 heteroatoms. The third kappa shape index (κ3) is 4.12. The van der Waals surface area contributed by atoms with Crippen molar-refractivity contribution in [2.45, 2.75) is 65.0 Å². The molecule has 2 aromatic rings. The van der Waals surface area contributed by atoms with Crippen LogP contribution in [0.15, 0.2) is 29.1 Å². The Bertz CT molecular complexity index is 801. The second kappa shape index (κ2) is 8.94. The molecule has 2 rings (SSSR count). The van der Waals surface area contributed by atoms with Gasteiger partial charge < -0.3 is 11.1 Å². The number of aromatic nitrogens is 2. The van der Waals surface area contributed by atoms with Crippen LogP contribution in [-0.2, 0) is 6.54 Å². The minimum absolute atomic E-state index is 0.149. The molecular weight excluding hydrogens is 328 g/mol. The lowest BCUT2D eigenvalue weighted by Crippen LogP contribution is -2.53. The lowest BCUT2D eigenvalue weighted by atomic mass is 9.92. The minimum Gasteiger partial charge on any atom is -0.344 e. The van der Waals surface area contributed by atoms with Gasteiger partial charge in [-0.25, -0.2) is 4.68 Å². The maximum Gasteiger partial charge on any atom is 0.274 e. The predicted molar refractivity (Wildman–Crippen MR) is 105 cm³/mol. The summed E-state index contributed by atoms with van der Waals surface area (Å²) in [6.45, 7) is 7.00. The van der Waals surface area contributed by atoms with Gasteiger partial charge in [-0.15, -0.1) is 0 Å². The SMILES string of the molecule is CCCCCn1nc(C(=O)NC(CC)(CC)CN)c2ccccc2c1=O. The number of aryl methyl sites for hydroxylation is 1. The van der Waals surface area contributed by atoms with Gasteiger partial charge in [0.25, 0.3) is 11.5 Å². The number of nitrogens with one attached hydrogen (secondary N) is 1. The van der Waals surface area contributed by atoms with Gasteiger partial charge in [-0.05, 0) is 25.3 Å². The third-order valence-electron chi connectivity index (χ3n) is 5.18. The van der Waals surface area contributed by atoms with Gasteiger partial charge in [-0.2, -0.15) is 5.10 Å². The van der Waals surface area contributed by atoms with Crippen LogP contribution in [0.1, 0.15) is 63.4 Å². The molecule has 0 radical (unpaired) electrons. The molecule has 0 saturated carbocycles. The molecule has 6 nitrogen and oxygen atoms in total. The molecule has 3 N–H and O–H groups in total. The summed E-state index contributed by atoms with van der Waals surface area (Å²) in [6.07, 6.45) is 4.41. The molecule has 1 aromatic heterocycles. The number of hydrogen-bond acceptors (Lipinski definition) is 4. The summed E-state index contributed by atoms with van der Waals surface area (Å²) in [6, 6.07) is 7.15. The maximum atomic E-state index is 13.0. The van der Waals surface area contributed by atoms with Crippen molar-refractivity contribution in [1.29, 1.82) is 0 Å². The highest BCUT2D eigenvalue weighted by Gasteiger charge is 2.28. The number of fused-ring (bicyclic) bond motifs is 1. The van der Waals surface area contributed by atoms with Gasteiger partial charge in [0.15, 0.2) is 5.69 Å². The van der Waals surface area contributed by atoms with Gasteiger partial charge >= 0.3 is 0 Å². The first kappa shape index (κ1) is 20.1. The second-order valence-electron chi connectivity index (χ2n) is 6.78. The number of rotatable bonds is 9. The first-order valence-corrected chi connectivity index (χ1v) is 9.54. The zero-order chi connectivity index (χ0) is 19.2. The van der Waals surface area contributed by atoms with E-state index in [1.54, 1.807) is 12.1 Å². The van der Waals surface area contributed by atoms with Gasteiger partial charge in [0.1, 0.15) is 0 Å². The molecule has 1 heterocycles. The van der Waals surface area contributed by atoms with Crippen molar-refractivity contribution >= 4 is 16.7 Å². The van der Waals surface area contributed by atoms with E-state index in [9.17, 15) is 9.59 Å². The third-order valence-corrected chi connectivity index (χ3v) is 5.18. The summed E-state index contributed by atoms with van der Waals surface area (Å²) >= 11 is 0. The quantitative estimate of drug-likeness (QED) is 0.675. The number of hydrogen-bond donors (Lipinski definition) is 2. The van der Waals surface area contributed by atoms with Crippen molar-refractivity contribution in [3.8, 4) is 0 Å². The topological polar surface area (TPSA) is 90.0 Å². The first-order chi connectivity index (χ1) is 12.5. The van der Waals surface area contributed by atoms with E-state index in [1.807, 2.05) is 26.0 Å². The number of carbonyl (C=O) groups excluding carboxylic acids is 1. The fourth-order valence-corrected chi connectivity index (χ4v) is 3.13. The Morgan fingerprint density at radius 3 is 2.38 bits per heavy atom. The van der Waals surface area contributed by atoms with E-state index in [1.165, 1.54) is 4.68 Å². The summed E-state index contributed by atoms with van der Waals surface area (Å²) in [5.74, 6) is -0.278. The Morgan fingerprint density at radius 2 is 1.81 bits per heavy atom. The number of amides is 1. The van der Waals surface area contributed by atoms with Gasteiger partial charge in [-0.1, -0.05) is 51.8 Å². The van der Waals surface area contributed by atoms with Gasteiger partial charge in [0.2, 0.25) is 0 Å². The fourth-order valence-electron chi connectivity index (χ4n) is 3.13. The number of carbonyl (C=O) groups is 1. The van der Waals surface area contributed by atoms with Crippen LogP contribution in [0, 0.1) is 0 Å². The Kier molecular flexibility index (Phi) is 6.91. The van der Waals surface area contributed by atoms with Crippen molar-refractivity contribution in [2.24, 2.45) is 5.73 Å². The van der Waals surface area contributed by atoms with Crippen LogP contribution >= 0.6 is 0 Å². The molecular formula is C20H30N4O2. The zero-order valence-electron chi connectivity index (χ0n) is 16.0. The Labute approximate surface area is 154 Å². The van der Waals surface area contributed by atoms with Gasteiger partial charge in [0.05, 0.1) is 10.9 Å². The Morgan fingerprint density at radius 1 is 1.15 bits per heavy atom. The van der Waals surface area contributed by atoms with Gasteiger partial charge in [0, 0.05) is 18.5 Å². The van der Waals surface area contributed by atoms with E-state index >= 15 is 0 Å². The molecule has 0 aliphatic carbocycles. The Hall–Kier alpha value is -2.21. The average Bonchev–Trinajstić information content (AvgIpc) is 2.68. The summed E-state index contributed by atoms with van der Waals surface area (Å²) in [4.78, 5) is 25.7.